The Morgan fingerprint density at radius 2 is 1.96 bits per heavy atom. The third-order valence-corrected chi connectivity index (χ3v) is 4.49. The quantitative estimate of drug-likeness (QED) is 0.245. The monoisotopic (exact) mass is 352 g/mol. The first-order valence-electron chi connectivity index (χ1n) is 9.00. The zero-order valence-corrected chi connectivity index (χ0v) is 16.2. The van der Waals surface area contributed by atoms with Gasteiger partial charge < -0.3 is 14.2 Å². The molecule has 0 N–H and O–H groups in total. The molecule has 142 valence electrons. The van der Waals surface area contributed by atoms with Crippen molar-refractivity contribution in [2.45, 2.75) is 59.0 Å². The molecule has 5 nitrogen and oxygen atoms in total. The minimum absolute atomic E-state index is 0.0375. The summed E-state index contributed by atoms with van der Waals surface area (Å²) in [4.78, 5) is 22.5. The molecule has 0 saturated carbocycles. The van der Waals surface area contributed by atoms with Crippen LogP contribution in [-0.2, 0) is 23.8 Å². The second kappa shape index (κ2) is 11.1. The number of allylic oxidation sites excluding steroid dienone is 3. The number of hydrogen-bond acceptors (Lipinski definition) is 5. The predicted octanol–water partition coefficient (Wildman–Crippen LogP) is 3.83. The topological polar surface area (TPSA) is 61.8 Å². The number of hydrogen-bond donors (Lipinski definition) is 0. The van der Waals surface area contributed by atoms with Crippen LogP contribution in [0.3, 0.4) is 0 Å². The number of esters is 2. The molecule has 0 bridgehead atoms. The van der Waals surface area contributed by atoms with Gasteiger partial charge >= 0.3 is 11.9 Å². The van der Waals surface area contributed by atoms with Crippen molar-refractivity contribution >= 4 is 11.9 Å². The zero-order valence-electron chi connectivity index (χ0n) is 16.2. The van der Waals surface area contributed by atoms with Crippen molar-refractivity contribution in [2.75, 3.05) is 20.8 Å². The largest absolute Gasteiger partial charge is 0.466 e. The molecule has 1 aliphatic rings. The summed E-state index contributed by atoms with van der Waals surface area (Å²) < 4.78 is 14.9. The van der Waals surface area contributed by atoms with Gasteiger partial charge in [0.05, 0.1) is 13.7 Å². The number of ether oxygens (including phenoxy) is 3. The van der Waals surface area contributed by atoms with E-state index < -0.39 is 0 Å². The van der Waals surface area contributed by atoms with Gasteiger partial charge in [0.2, 0.25) is 0 Å². The van der Waals surface area contributed by atoms with E-state index in [0.29, 0.717) is 12.5 Å². The summed E-state index contributed by atoms with van der Waals surface area (Å²) in [5.74, 6) is 0.0625. The van der Waals surface area contributed by atoms with Crippen molar-refractivity contribution in [3.05, 3.63) is 23.3 Å². The van der Waals surface area contributed by atoms with E-state index in [1.165, 1.54) is 18.8 Å². The van der Waals surface area contributed by atoms with E-state index in [1.807, 2.05) is 13.0 Å². The number of carbonyl (C=O) groups excluding carboxylic acids is 2. The summed E-state index contributed by atoms with van der Waals surface area (Å²) in [6, 6.07) is 0. The van der Waals surface area contributed by atoms with Gasteiger partial charge in [0.25, 0.3) is 0 Å². The Bertz CT molecular complexity index is 506. The summed E-state index contributed by atoms with van der Waals surface area (Å²) >= 11 is 0. The van der Waals surface area contributed by atoms with E-state index in [-0.39, 0.29) is 24.0 Å². The SMILES string of the molecule is COC[C@@H]1C(=O)O[C@H]1CCCC[C@@H](C)CC(C)=CC(C)=CC(=O)OC. The lowest BCUT2D eigenvalue weighted by atomic mass is 9.91. The predicted molar refractivity (Wildman–Crippen MR) is 97.0 cm³/mol. The second-order valence-electron chi connectivity index (χ2n) is 7.03. The molecule has 0 aromatic carbocycles. The molecule has 0 aliphatic carbocycles. The summed E-state index contributed by atoms with van der Waals surface area (Å²) in [5, 5.41) is 0. The highest BCUT2D eigenvalue weighted by Gasteiger charge is 2.41. The maximum Gasteiger partial charge on any atom is 0.330 e. The van der Waals surface area contributed by atoms with Crippen LogP contribution in [0, 0.1) is 11.8 Å². The minimum atomic E-state index is -0.321. The molecule has 0 amide bonds. The zero-order chi connectivity index (χ0) is 18.8. The Morgan fingerprint density at radius 3 is 2.56 bits per heavy atom. The van der Waals surface area contributed by atoms with Gasteiger partial charge in [0.1, 0.15) is 12.0 Å². The first kappa shape index (κ1) is 21.4. The third kappa shape index (κ3) is 7.86. The van der Waals surface area contributed by atoms with Crippen molar-refractivity contribution < 1.29 is 23.8 Å². The average molecular weight is 352 g/mol. The van der Waals surface area contributed by atoms with Crippen molar-refractivity contribution in [3.63, 3.8) is 0 Å². The first-order valence-corrected chi connectivity index (χ1v) is 9.00. The molecule has 3 atom stereocenters. The molecule has 1 saturated heterocycles. The molecule has 1 fully saturated rings. The molecule has 0 aromatic rings. The molecule has 1 aliphatic heterocycles. The normalized spacial score (nSPS) is 22.2. The van der Waals surface area contributed by atoms with Crippen molar-refractivity contribution in [1.82, 2.24) is 0 Å². The van der Waals surface area contributed by atoms with E-state index >= 15 is 0 Å². The minimum Gasteiger partial charge on any atom is -0.466 e. The Kier molecular flexibility index (Phi) is 9.50. The third-order valence-electron chi connectivity index (χ3n) is 4.49. The highest BCUT2D eigenvalue weighted by atomic mass is 16.6. The van der Waals surface area contributed by atoms with Crippen LogP contribution in [0.25, 0.3) is 0 Å². The molecule has 1 heterocycles. The van der Waals surface area contributed by atoms with Gasteiger partial charge in [-0.3, -0.25) is 4.79 Å². The number of unbranched alkanes of at least 4 members (excludes halogenated alkanes) is 1. The fourth-order valence-electron chi connectivity index (χ4n) is 3.24. The first-order chi connectivity index (χ1) is 11.9. The van der Waals surface area contributed by atoms with Crippen LogP contribution in [-0.4, -0.2) is 38.9 Å². The fraction of sp³-hybridized carbons (Fsp3) is 0.700. The number of rotatable bonds is 11. The van der Waals surface area contributed by atoms with Gasteiger partial charge in [-0.2, -0.15) is 0 Å². The van der Waals surface area contributed by atoms with Gasteiger partial charge in [-0.15, -0.1) is 0 Å². The van der Waals surface area contributed by atoms with Crippen molar-refractivity contribution in [2.24, 2.45) is 11.8 Å². The Balaban J connectivity index is 2.24. The van der Waals surface area contributed by atoms with E-state index in [9.17, 15) is 9.59 Å². The molecule has 0 aromatic heterocycles. The summed E-state index contributed by atoms with van der Waals surface area (Å²) in [6.45, 7) is 6.70. The molecule has 1 rings (SSSR count). The lowest BCUT2D eigenvalue weighted by molar-refractivity contribution is -0.190. The van der Waals surface area contributed by atoms with E-state index in [2.05, 4.69) is 18.6 Å². The fourth-order valence-corrected chi connectivity index (χ4v) is 3.24. The van der Waals surface area contributed by atoms with Crippen molar-refractivity contribution in [1.29, 1.82) is 0 Å². The smallest absolute Gasteiger partial charge is 0.330 e. The molecule has 0 unspecified atom stereocenters. The lowest BCUT2D eigenvalue weighted by Crippen LogP contribution is -2.47. The van der Waals surface area contributed by atoms with Gasteiger partial charge in [0.15, 0.2) is 0 Å². The van der Waals surface area contributed by atoms with E-state index in [0.717, 1.165) is 37.7 Å². The van der Waals surface area contributed by atoms with Crippen LogP contribution in [0.15, 0.2) is 23.3 Å². The van der Waals surface area contributed by atoms with Gasteiger partial charge in [-0.25, -0.2) is 4.79 Å². The van der Waals surface area contributed by atoms with Crippen LogP contribution in [0.4, 0.5) is 0 Å². The average Bonchev–Trinajstić information content (AvgIpc) is 2.54. The molecular weight excluding hydrogens is 320 g/mol. The second-order valence-corrected chi connectivity index (χ2v) is 7.03. The standard InChI is InChI=1S/C20H32O5/c1-14(10-15(2)11-16(3)12-19(21)24-5)8-6-7-9-18-17(13-23-4)20(22)25-18/h11-12,14,17-18H,6-10,13H2,1-5H3/t14-,17+,18+/m1/s1. The van der Waals surface area contributed by atoms with Crippen LogP contribution >= 0.6 is 0 Å². The maximum atomic E-state index is 11.3. The number of methoxy groups -OCH3 is 2. The highest BCUT2D eigenvalue weighted by molar-refractivity contribution is 5.83. The van der Waals surface area contributed by atoms with Gasteiger partial charge in [0, 0.05) is 13.2 Å². The molecule has 0 spiro atoms. The Morgan fingerprint density at radius 1 is 1.24 bits per heavy atom. The summed E-state index contributed by atoms with van der Waals surface area (Å²) in [6.07, 6.45) is 8.84. The van der Waals surface area contributed by atoms with E-state index in [1.54, 1.807) is 7.11 Å². The molecule has 0 radical (unpaired) electrons. The number of cyclic esters (lactones) is 1. The van der Waals surface area contributed by atoms with Gasteiger partial charge in [-0.05, 0) is 44.6 Å². The Labute approximate surface area is 151 Å². The lowest BCUT2D eigenvalue weighted by Gasteiger charge is -2.34. The Hall–Kier alpha value is -1.62. The van der Waals surface area contributed by atoms with Crippen LogP contribution < -0.4 is 0 Å². The molecule has 25 heavy (non-hydrogen) atoms. The number of carbonyl (C=O) groups is 2. The molecule has 5 heteroatoms. The van der Waals surface area contributed by atoms with Gasteiger partial charge in [-0.1, -0.05) is 31.4 Å². The summed E-state index contributed by atoms with van der Waals surface area (Å²) in [5.41, 5.74) is 2.17. The highest BCUT2D eigenvalue weighted by Crippen LogP contribution is 2.28. The van der Waals surface area contributed by atoms with Crippen molar-refractivity contribution in [3.8, 4) is 0 Å². The van der Waals surface area contributed by atoms with Crippen LogP contribution in [0.1, 0.15) is 52.9 Å². The maximum absolute atomic E-state index is 11.3. The molecular formula is C20H32O5. The summed E-state index contributed by atoms with van der Waals surface area (Å²) in [7, 11) is 3.00. The van der Waals surface area contributed by atoms with Crippen LogP contribution in [0.5, 0.6) is 0 Å². The van der Waals surface area contributed by atoms with Crippen LogP contribution in [0.2, 0.25) is 0 Å². The van der Waals surface area contributed by atoms with E-state index in [4.69, 9.17) is 9.47 Å².